The Hall–Kier alpha value is -3.35. The van der Waals surface area contributed by atoms with E-state index in [1.54, 1.807) is 26.0 Å². The molecule has 0 saturated carbocycles. The summed E-state index contributed by atoms with van der Waals surface area (Å²) >= 11 is 0. The van der Waals surface area contributed by atoms with E-state index in [0.29, 0.717) is 12.6 Å². The maximum Gasteiger partial charge on any atom is 0.417 e. The summed E-state index contributed by atoms with van der Waals surface area (Å²) in [6.45, 7) is 24.4. The van der Waals surface area contributed by atoms with Gasteiger partial charge in [-0.15, -0.1) is 0 Å². The quantitative estimate of drug-likeness (QED) is 0.265. The average Bonchev–Trinajstić information content (AvgIpc) is 2.89. The number of amides is 1. The molecule has 0 aliphatic heterocycles. The van der Waals surface area contributed by atoms with Gasteiger partial charge in [-0.2, -0.15) is 13.2 Å². The topological polar surface area (TPSA) is 51.2 Å². The van der Waals surface area contributed by atoms with Crippen molar-refractivity contribution in [3.63, 3.8) is 0 Å². The summed E-state index contributed by atoms with van der Waals surface area (Å²) < 4.78 is 44.0. The monoisotopic (exact) mass is 548 g/mol. The first-order valence-electron chi connectivity index (χ1n) is 13.3. The van der Waals surface area contributed by atoms with Gasteiger partial charge in [0.15, 0.2) is 5.60 Å². The SMILES string of the molecule is C=C/C=C(\C=C/C)CC(C(/C=C\C)=C/C=C)C(C)NC(=O)C(C)(C)Oc1ccc(C(F)(F)F)cn1.CC.CC. The Labute approximate surface area is 234 Å². The van der Waals surface area contributed by atoms with E-state index in [-0.39, 0.29) is 17.8 Å². The molecule has 0 aromatic carbocycles. The van der Waals surface area contributed by atoms with Gasteiger partial charge in [0.05, 0.1) is 5.56 Å². The van der Waals surface area contributed by atoms with Crippen molar-refractivity contribution >= 4 is 5.91 Å². The van der Waals surface area contributed by atoms with Gasteiger partial charge < -0.3 is 10.1 Å². The Morgan fingerprint density at radius 1 is 1.03 bits per heavy atom. The molecule has 0 fully saturated rings. The van der Waals surface area contributed by atoms with Crippen LogP contribution in [0.25, 0.3) is 0 Å². The molecule has 1 aromatic heterocycles. The lowest BCUT2D eigenvalue weighted by Crippen LogP contribution is -2.51. The van der Waals surface area contributed by atoms with Crippen molar-refractivity contribution in [2.24, 2.45) is 5.92 Å². The molecule has 0 aliphatic carbocycles. The first-order chi connectivity index (χ1) is 18.4. The molecule has 2 atom stereocenters. The molecular weight excluding hydrogens is 501 g/mol. The predicted molar refractivity (Wildman–Crippen MR) is 159 cm³/mol. The molecule has 2 unspecified atom stereocenters. The van der Waals surface area contributed by atoms with E-state index in [1.807, 2.05) is 84.9 Å². The Bertz CT molecular complexity index is 986. The fourth-order valence-corrected chi connectivity index (χ4v) is 3.42. The third kappa shape index (κ3) is 13.8. The number of hydrogen-bond acceptors (Lipinski definition) is 3. The molecule has 0 radical (unpaired) electrons. The maximum atomic E-state index is 13.1. The second-order valence-electron chi connectivity index (χ2n) is 8.45. The first kappa shape index (κ1) is 37.8. The van der Waals surface area contributed by atoms with E-state index in [0.717, 1.165) is 23.3 Å². The molecular formula is C32H47F3N2O2. The van der Waals surface area contributed by atoms with Crippen LogP contribution in [-0.4, -0.2) is 22.5 Å². The number of nitrogens with zero attached hydrogens (tertiary/aromatic N) is 1. The third-order valence-electron chi connectivity index (χ3n) is 5.20. The minimum atomic E-state index is -4.50. The average molecular weight is 549 g/mol. The summed E-state index contributed by atoms with van der Waals surface area (Å²) in [5, 5.41) is 3.01. The zero-order valence-corrected chi connectivity index (χ0v) is 25.0. The molecule has 218 valence electrons. The lowest BCUT2D eigenvalue weighted by Gasteiger charge is -2.31. The van der Waals surface area contributed by atoms with Gasteiger partial charge in [0.2, 0.25) is 5.88 Å². The van der Waals surface area contributed by atoms with Crippen LogP contribution < -0.4 is 10.1 Å². The fourth-order valence-electron chi connectivity index (χ4n) is 3.42. The van der Waals surface area contributed by atoms with Gasteiger partial charge in [-0.05, 0) is 58.3 Å². The molecule has 4 nitrogen and oxygen atoms in total. The van der Waals surface area contributed by atoms with E-state index >= 15 is 0 Å². The van der Waals surface area contributed by atoms with Crippen LogP contribution in [0.2, 0.25) is 0 Å². The van der Waals surface area contributed by atoms with Gasteiger partial charge in [0, 0.05) is 24.2 Å². The second kappa shape index (κ2) is 19.7. The normalized spacial score (nSPS) is 13.9. The standard InChI is InChI=1S/C28H35F3N2O2.2C2H6/c1-8-12-21(13-9-2)18-24(22(14-10-3)15-11-4)20(5)33-26(34)27(6,7)35-25-17-16-23(19-32-25)28(29,30)31;2*1-2/h8-17,19-20,24H,1,3,18H2,2,4-7H3,(H,33,34);2*1-2H3/b13-9-,15-11-,21-12+,22-14+;;. The van der Waals surface area contributed by atoms with Crippen LogP contribution in [0, 0.1) is 5.92 Å². The van der Waals surface area contributed by atoms with E-state index in [2.05, 4.69) is 23.5 Å². The zero-order valence-electron chi connectivity index (χ0n) is 25.0. The highest BCUT2D eigenvalue weighted by Gasteiger charge is 2.34. The lowest BCUT2D eigenvalue weighted by atomic mass is 9.84. The number of alkyl halides is 3. The summed E-state index contributed by atoms with van der Waals surface area (Å²) in [5.74, 6) is -0.598. The minimum absolute atomic E-state index is 0.0761. The molecule has 0 aliphatic rings. The van der Waals surface area contributed by atoms with Crippen molar-refractivity contribution in [3.05, 3.63) is 96.8 Å². The van der Waals surface area contributed by atoms with Gasteiger partial charge in [0.25, 0.3) is 5.91 Å². The van der Waals surface area contributed by atoms with E-state index < -0.39 is 23.2 Å². The highest BCUT2D eigenvalue weighted by Crippen LogP contribution is 2.30. The van der Waals surface area contributed by atoms with Gasteiger partial charge >= 0.3 is 6.18 Å². The number of halogens is 3. The molecule has 0 bridgehead atoms. The summed E-state index contributed by atoms with van der Waals surface area (Å²) in [5.41, 5.74) is -0.244. The molecule has 0 saturated heterocycles. The van der Waals surface area contributed by atoms with Crippen LogP contribution in [0.15, 0.2) is 91.2 Å². The number of carbonyl (C=O) groups is 1. The van der Waals surface area contributed by atoms with Crippen LogP contribution in [0.1, 0.15) is 74.3 Å². The van der Waals surface area contributed by atoms with Crippen molar-refractivity contribution in [1.82, 2.24) is 10.3 Å². The van der Waals surface area contributed by atoms with Gasteiger partial charge in [-0.25, -0.2) is 4.98 Å². The summed E-state index contributed by atoms with van der Waals surface area (Å²) in [6, 6.07) is 1.66. The number of ether oxygens (including phenoxy) is 1. The van der Waals surface area contributed by atoms with Crippen LogP contribution in [-0.2, 0) is 11.0 Å². The van der Waals surface area contributed by atoms with Crippen LogP contribution in [0.5, 0.6) is 5.88 Å². The largest absolute Gasteiger partial charge is 0.462 e. The number of pyridine rings is 1. The fraction of sp³-hybridized carbons (Fsp3) is 0.438. The molecule has 1 aromatic rings. The lowest BCUT2D eigenvalue weighted by molar-refractivity contribution is -0.138. The molecule has 1 heterocycles. The van der Waals surface area contributed by atoms with Crippen LogP contribution >= 0.6 is 0 Å². The second-order valence-corrected chi connectivity index (χ2v) is 8.45. The van der Waals surface area contributed by atoms with Crippen molar-refractivity contribution in [1.29, 1.82) is 0 Å². The van der Waals surface area contributed by atoms with Crippen molar-refractivity contribution in [2.75, 3.05) is 0 Å². The number of hydrogen-bond donors (Lipinski definition) is 1. The molecule has 7 heteroatoms. The van der Waals surface area contributed by atoms with E-state index in [1.165, 1.54) is 0 Å². The Morgan fingerprint density at radius 3 is 2.03 bits per heavy atom. The Kier molecular flexibility index (Phi) is 19.1. The third-order valence-corrected chi connectivity index (χ3v) is 5.20. The zero-order chi connectivity index (χ0) is 30.6. The highest BCUT2D eigenvalue weighted by molar-refractivity contribution is 5.85. The highest BCUT2D eigenvalue weighted by atomic mass is 19.4. The number of rotatable bonds is 12. The number of aromatic nitrogens is 1. The summed E-state index contributed by atoms with van der Waals surface area (Å²) in [4.78, 5) is 16.8. The van der Waals surface area contributed by atoms with Gasteiger partial charge in [0.1, 0.15) is 0 Å². The summed E-state index contributed by atoms with van der Waals surface area (Å²) in [6.07, 6.45) is 11.9. The molecule has 39 heavy (non-hydrogen) atoms. The van der Waals surface area contributed by atoms with Crippen LogP contribution in [0.4, 0.5) is 13.2 Å². The van der Waals surface area contributed by atoms with Crippen molar-refractivity contribution in [3.8, 4) is 5.88 Å². The van der Waals surface area contributed by atoms with Gasteiger partial charge in [-0.3, -0.25) is 4.79 Å². The van der Waals surface area contributed by atoms with Crippen LogP contribution in [0.3, 0.4) is 0 Å². The number of nitrogens with one attached hydrogen (secondary N) is 1. The Balaban J connectivity index is 0. The van der Waals surface area contributed by atoms with Crippen molar-refractivity contribution in [2.45, 2.75) is 86.6 Å². The predicted octanol–water partition coefficient (Wildman–Crippen LogP) is 9.20. The minimum Gasteiger partial charge on any atom is -0.462 e. The molecule has 1 amide bonds. The Morgan fingerprint density at radius 2 is 1.59 bits per heavy atom. The number of allylic oxidation sites excluding steroid dienone is 9. The number of carbonyl (C=O) groups excluding carboxylic acids is 1. The summed E-state index contributed by atoms with van der Waals surface area (Å²) in [7, 11) is 0. The molecule has 0 spiro atoms. The van der Waals surface area contributed by atoms with Crippen molar-refractivity contribution < 1.29 is 22.7 Å². The maximum absolute atomic E-state index is 13.1. The van der Waals surface area contributed by atoms with Gasteiger partial charge in [-0.1, -0.05) is 89.5 Å². The smallest absolute Gasteiger partial charge is 0.417 e. The molecule has 1 rings (SSSR count). The first-order valence-corrected chi connectivity index (χ1v) is 13.3. The molecule has 1 N–H and O–H groups in total. The van der Waals surface area contributed by atoms with E-state index in [4.69, 9.17) is 4.74 Å². The van der Waals surface area contributed by atoms with E-state index in [9.17, 15) is 18.0 Å².